The number of aromatic nitrogens is 2. The molecule has 0 bridgehead atoms. The lowest BCUT2D eigenvalue weighted by Crippen LogP contribution is -2.21. The molecule has 0 fully saturated rings. The van der Waals surface area contributed by atoms with E-state index >= 15 is 0 Å². The molecular formula is C10H19N3O2S. The fourth-order valence-corrected chi connectivity index (χ4v) is 1.91. The standard InChI is InChI=1S/C10H19N3O2S/c1-9(11-2)5-4-6-13-8-10(7-12-13)16(3,14)15/h7-9,11H,4-6H2,1-3H3. The van der Waals surface area contributed by atoms with Gasteiger partial charge >= 0.3 is 0 Å². The first-order chi connectivity index (χ1) is 7.43. The Kier molecular flexibility index (Phi) is 4.49. The Balaban J connectivity index is 2.47. The molecule has 6 heteroatoms. The van der Waals surface area contributed by atoms with Crippen LogP contribution in [0, 0.1) is 0 Å². The second kappa shape index (κ2) is 5.45. The summed E-state index contributed by atoms with van der Waals surface area (Å²) < 4.78 is 24.1. The molecule has 1 rings (SSSR count). The van der Waals surface area contributed by atoms with Crippen molar-refractivity contribution >= 4 is 9.84 Å². The first kappa shape index (κ1) is 13.2. The molecule has 1 aromatic rings. The van der Waals surface area contributed by atoms with Crippen LogP contribution in [0.2, 0.25) is 0 Å². The second-order valence-corrected chi connectivity index (χ2v) is 6.06. The van der Waals surface area contributed by atoms with Gasteiger partial charge in [-0.3, -0.25) is 4.68 Å². The van der Waals surface area contributed by atoms with Crippen LogP contribution < -0.4 is 5.32 Å². The van der Waals surface area contributed by atoms with Crippen LogP contribution in [0.5, 0.6) is 0 Å². The molecule has 0 aliphatic rings. The average molecular weight is 245 g/mol. The maximum atomic E-state index is 11.2. The Hall–Kier alpha value is -0.880. The van der Waals surface area contributed by atoms with Gasteiger partial charge in [0, 0.05) is 25.0 Å². The molecule has 1 unspecified atom stereocenters. The SMILES string of the molecule is CNC(C)CCCn1cc(S(C)(=O)=O)cn1. The zero-order chi connectivity index (χ0) is 12.2. The third-order valence-electron chi connectivity index (χ3n) is 2.55. The normalized spacial score (nSPS) is 13.9. The van der Waals surface area contributed by atoms with E-state index in [0.717, 1.165) is 19.4 Å². The number of hydrogen-bond acceptors (Lipinski definition) is 4. The predicted octanol–water partition coefficient (Wildman–Crippen LogP) is 0.675. The van der Waals surface area contributed by atoms with Crippen molar-refractivity contribution in [3.05, 3.63) is 12.4 Å². The van der Waals surface area contributed by atoms with E-state index in [1.807, 2.05) is 7.05 Å². The molecule has 92 valence electrons. The van der Waals surface area contributed by atoms with Gasteiger partial charge in [-0.1, -0.05) is 0 Å². The molecule has 1 atom stereocenters. The van der Waals surface area contributed by atoms with E-state index in [9.17, 15) is 8.42 Å². The monoisotopic (exact) mass is 245 g/mol. The summed E-state index contributed by atoms with van der Waals surface area (Å²) in [6.45, 7) is 2.87. The zero-order valence-corrected chi connectivity index (χ0v) is 10.8. The molecular weight excluding hydrogens is 226 g/mol. The average Bonchev–Trinajstić information content (AvgIpc) is 2.65. The van der Waals surface area contributed by atoms with Gasteiger partial charge in [-0.05, 0) is 26.8 Å². The van der Waals surface area contributed by atoms with Gasteiger partial charge in [0.15, 0.2) is 9.84 Å². The van der Waals surface area contributed by atoms with Crippen LogP contribution in [0.4, 0.5) is 0 Å². The minimum atomic E-state index is -3.12. The third kappa shape index (κ3) is 3.94. The van der Waals surface area contributed by atoms with Gasteiger partial charge in [0.2, 0.25) is 0 Å². The van der Waals surface area contributed by atoms with Crippen molar-refractivity contribution in [1.29, 1.82) is 0 Å². The third-order valence-corrected chi connectivity index (χ3v) is 3.62. The van der Waals surface area contributed by atoms with E-state index in [2.05, 4.69) is 17.3 Å². The van der Waals surface area contributed by atoms with Crippen molar-refractivity contribution < 1.29 is 8.42 Å². The maximum absolute atomic E-state index is 11.2. The fraction of sp³-hybridized carbons (Fsp3) is 0.700. The van der Waals surface area contributed by atoms with Gasteiger partial charge in [0.25, 0.3) is 0 Å². The molecule has 0 radical (unpaired) electrons. The summed E-state index contributed by atoms with van der Waals surface area (Å²) in [5.74, 6) is 0. The van der Waals surface area contributed by atoms with Crippen molar-refractivity contribution in [3.8, 4) is 0 Å². The van der Waals surface area contributed by atoms with Crippen LogP contribution in [-0.4, -0.2) is 37.5 Å². The van der Waals surface area contributed by atoms with Gasteiger partial charge in [-0.2, -0.15) is 5.10 Å². The van der Waals surface area contributed by atoms with Crippen molar-refractivity contribution in [2.24, 2.45) is 0 Å². The summed E-state index contributed by atoms with van der Waals surface area (Å²) in [6, 6.07) is 0.477. The molecule has 0 amide bonds. The van der Waals surface area contributed by atoms with Gasteiger partial charge in [0.05, 0.1) is 6.20 Å². The van der Waals surface area contributed by atoms with E-state index in [1.54, 1.807) is 10.9 Å². The number of rotatable bonds is 6. The number of nitrogens with zero attached hydrogens (tertiary/aromatic N) is 2. The quantitative estimate of drug-likeness (QED) is 0.800. The molecule has 0 spiro atoms. The first-order valence-electron chi connectivity index (χ1n) is 5.33. The predicted molar refractivity (Wildman–Crippen MR) is 63.1 cm³/mol. The van der Waals surface area contributed by atoms with E-state index in [4.69, 9.17) is 0 Å². The van der Waals surface area contributed by atoms with Gasteiger partial charge in [-0.15, -0.1) is 0 Å². The molecule has 1 heterocycles. The van der Waals surface area contributed by atoms with Crippen molar-refractivity contribution in [3.63, 3.8) is 0 Å². The molecule has 1 N–H and O–H groups in total. The maximum Gasteiger partial charge on any atom is 0.178 e. The molecule has 1 aromatic heterocycles. The highest BCUT2D eigenvalue weighted by Gasteiger charge is 2.09. The number of sulfone groups is 1. The largest absolute Gasteiger partial charge is 0.317 e. The zero-order valence-electron chi connectivity index (χ0n) is 9.97. The van der Waals surface area contributed by atoms with Crippen LogP contribution >= 0.6 is 0 Å². The summed E-state index contributed by atoms with van der Waals surface area (Å²) in [6.07, 6.45) is 6.20. The summed E-state index contributed by atoms with van der Waals surface area (Å²) in [5, 5.41) is 7.18. The Morgan fingerprint density at radius 1 is 1.56 bits per heavy atom. The number of nitrogens with one attached hydrogen (secondary N) is 1. The molecule has 0 aliphatic carbocycles. The second-order valence-electron chi connectivity index (χ2n) is 4.04. The first-order valence-corrected chi connectivity index (χ1v) is 7.22. The lowest BCUT2D eigenvalue weighted by Gasteiger charge is -2.08. The van der Waals surface area contributed by atoms with Crippen molar-refractivity contribution in [2.75, 3.05) is 13.3 Å². The Morgan fingerprint density at radius 2 is 2.25 bits per heavy atom. The van der Waals surface area contributed by atoms with Crippen LogP contribution in [0.15, 0.2) is 17.3 Å². The molecule has 16 heavy (non-hydrogen) atoms. The Labute approximate surface area is 96.8 Å². The molecule has 0 aromatic carbocycles. The van der Waals surface area contributed by atoms with Crippen molar-refractivity contribution in [2.45, 2.75) is 37.2 Å². The topological polar surface area (TPSA) is 64.0 Å². The van der Waals surface area contributed by atoms with Crippen LogP contribution in [-0.2, 0) is 16.4 Å². The smallest absolute Gasteiger partial charge is 0.178 e. The Morgan fingerprint density at radius 3 is 2.75 bits per heavy atom. The summed E-state index contributed by atoms with van der Waals surface area (Å²) in [4.78, 5) is 0.286. The van der Waals surface area contributed by atoms with E-state index in [1.165, 1.54) is 12.5 Å². The summed E-state index contributed by atoms with van der Waals surface area (Å²) >= 11 is 0. The van der Waals surface area contributed by atoms with Gasteiger partial charge < -0.3 is 5.32 Å². The lowest BCUT2D eigenvalue weighted by atomic mass is 10.2. The van der Waals surface area contributed by atoms with Gasteiger partial charge in [0.1, 0.15) is 4.90 Å². The fourth-order valence-electron chi connectivity index (χ4n) is 1.36. The van der Waals surface area contributed by atoms with Crippen LogP contribution in [0.25, 0.3) is 0 Å². The highest BCUT2D eigenvalue weighted by atomic mass is 32.2. The van der Waals surface area contributed by atoms with E-state index in [-0.39, 0.29) is 4.90 Å². The number of aryl methyl sites for hydroxylation is 1. The van der Waals surface area contributed by atoms with E-state index < -0.39 is 9.84 Å². The van der Waals surface area contributed by atoms with Gasteiger partial charge in [-0.25, -0.2) is 8.42 Å². The minimum absolute atomic E-state index is 0.286. The van der Waals surface area contributed by atoms with Crippen molar-refractivity contribution in [1.82, 2.24) is 15.1 Å². The minimum Gasteiger partial charge on any atom is -0.317 e. The highest BCUT2D eigenvalue weighted by Crippen LogP contribution is 2.07. The molecule has 0 saturated carbocycles. The highest BCUT2D eigenvalue weighted by molar-refractivity contribution is 7.90. The van der Waals surface area contributed by atoms with Crippen LogP contribution in [0.1, 0.15) is 19.8 Å². The summed E-state index contributed by atoms with van der Waals surface area (Å²) in [7, 11) is -1.19. The number of hydrogen-bond donors (Lipinski definition) is 1. The molecule has 0 aliphatic heterocycles. The molecule has 5 nitrogen and oxygen atoms in total. The summed E-state index contributed by atoms with van der Waals surface area (Å²) in [5.41, 5.74) is 0. The van der Waals surface area contributed by atoms with E-state index in [0.29, 0.717) is 6.04 Å². The van der Waals surface area contributed by atoms with Crippen LogP contribution in [0.3, 0.4) is 0 Å². The lowest BCUT2D eigenvalue weighted by molar-refractivity contribution is 0.487. The molecule has 0 saturated heterocycles. The Bertz CT molecular complexity index is 425.